The van der Waals surface area contributed by atoms with Crippen LogP contribution in [0.5, 0.6) is 0 Å². The molecule has 2 aromatic rings. The highest BCUT2D eigenvalue weighted by Gasteiger charge is 2.41. The first-order valence-corrected chi connectivity index (χ1v) is 9.27. The van der Waals surface area contributed by atoms with Crippen LogP contribution in [0.1, 0.15) is 38.3 Å². The SMILES string of the molecule is C[C@H](NCc1csc(-c2ccccn2)n1)[C@@H]1C[C@H]2CC[C@H]1C2. The van der Waals surface area contributed by atoms with Gasteiger partial charge in [-0.25, -0.2) is 4.98 Å². The zero-order valence-electron chi connectivity index (χ0n) is 13.0. The van der Waals surface area contributed by atoms with Crippen molar-refractivity contribution in [2.75, 3.05) is 0 Å². The van der Waals surface area contributed by atoms with Crippen molar-refractivity contribution in [2.24, 2.45) is 17.8 Å². The molecule has 3 nitrogen and oxygen atoms in total. The summed E-state index contributed by atoms with van der Waals surface area (Å²) in [4.78, 5) is 9.09. The number of aromatic nitrogens is 2. The number of pyridine rings is 1. The number of hydrogen-bond acceptors (Lipinski definition) is 4. The van der Waals surface area contributed by atoms with Crippen molar-refractivity contribution >= 4 is 11.3 Å². The molecule has 0 aliphatic heterocycles. The first-order chi connectivity index (χ1) is 10.8. The van der Waals surface area contributed by atoms with E-state index in [9.17, 15) is 0 Å². The molecule has 0 aromatic carbocycles. The van der Waals surface area contributed by atoms with Crippen molar-refractivity contribution in [1.82, 2.24) is 15.3 Å². The van der Waals surface area contributed by atoms with Gasteiger partial charge in [0.05, 0.1) is 11.4 Å². The van der Waals surface area contributed by atoms with Crippen LogP contribution >= 0.6 is 11.3 Å². The molecule has 0 amide bonds. The van der Waals surface area contributed by atoms with E-state index in [0.29, 0.717) is 6.04 Å². The molecule has 116 valence electrons. The number of nitrogens with one attached hydrogen (secondary N) is 1. The van der Waals surface area contributed by atoms with Crippen LogP contribution in [0.15, 0.2) is 29.8 Å². The van der Waals surface area contributed by atoms with E-state index < -0.39 is 0 Å². The van der Waals surface area contributed by atoms with E-state index in [1.807, 2.05) is 24.4 Å². The average Bonchev–Trinajstić information content (AvgIpc) is 3.29. The summed E-state index contributed by atoms with van der Waals surface area (Å²) in [6.07, 6.45) is 7.69. The Morgan fingerprint density at radius 3 is 3.00 bits per heavy atom. The lowest BCUT2D eigenvalue weighted by atomic mass is 9.84. The van der Waals surface area contributed by atoms with Crippen LogP contribution in [-0.2, 0) is 6.54 Å². The van der Waals surface area contributed by atoms with E-state index in [1.54, 1.807) is 11.3 Å². The maximum atomic E-state index is 4.72. The predicted molar refractivity (Wildman–Crippen MR) is 90.6 cm³/mol. The van der Waals surface area contributed by atoms with Crippen LogP contribution < -0.4 is 5.32 Å². The Balaban J connectivity index is 1.35. The summed E-state index contributed by atoms with van der Waals surface area (Å²) in [5.41, 5.74) is 2.11. The lowest BCUT2D eigenvalue weighted by molar-refractivity contribution is 0.259. The number of hydrogen-bond donors (Lipinski definition) is 1. The molecule has 2 aliphatic carbocycles. The lowest BCUT2D eigenvalue weighted by Gasteiger charge is -2.28. The standard InChI is InChI=1S/C18H23N3S/c1-12(16-9-13-5-6-14(16)8-13)20-10-15-11-22-18(21-15)17-4-2-3-7-19-17/h2-4,7,11-14,16,20H,5-6,8-10H2,1H3/t12-,13-,14-,16-/m0/s1. The van der Waals surface area contributed by atoms with Gasteiger partial charge in [0.2, 0.25) is 0 Å². The van der Waals surface area contributed by atoms with Crippen molar-refractivity contribution in [3.05, 3.63) is 35.5 Å². The molecule has 2 heterocycles. The topological polar surface area (TPSA) is 37.8 Å². The molecule has 2 aromatic heterocycles. The fraction of sp³-hybridized carbons (Fsp3) is 0.556. The molecular formula is C18H23N3S. The molecule has 0 unspecified atom stereocenters. The van der Waals surface area contributed by atoms with Gasteiger partial charge in [0.1, 0.15) is 5.01 Å². The minimum atomic E-state index is 0.607. The highest BCUT2D eigenvalue weighted by atomic mass is 32.1. The number of fused-ring (bicyclic) bond motifs is 2. The molecule has 4 atom stereocenters. The number of rotatable bonds is 5. The van der Waals surface area contributed by atoms with E-state index >= 15 is 0 Å². The van der Waals surface area contributed by atoms with Crippen molar-refractivity contribution in [3.8, 4) is 10.7 Å². The van der Waals surface area contributed by atoms with Gasteiger partial charge in [-0.1, -0.05) is 12.5 Å². The maximum Gasteiger partial charge on any atom is 0.142 e. The molecule has 2 aliphatic rings. The maximum absolute atomic E-state index is 4.72. The van der Waals surface area contributed by atoms with Gasteiger partial charge >= 0.3 is 0 Å². The molecule has 2 bridgehead atoms. The first-order valence-electron chi connectivity index (χ1n) is 8.39. The monoisotopic (exact) mass is 313 g/mol. The third-order valence-corrected chi connectivity index (χ3v) is 6.39. The molecule has 0 spiro atoms. The molecular weight excluding hydrogens is 290 g/mol. The highest BCUT2D eigenvalue weighted by molar-refractivity contribution is 7.13. The average molecular weight is 313 g/mol. The Morgan fingerprint density at radius 2 is 2.27 bits per heavy atom. The Bertz CT molecular complexity index is 624. The summed E-state index contributed by atoms with van der Waals surface area (Å²) in [5.74, 6) is 2.88. The quantitative estimate of drug-likeness (QED) is 0.902. The number of thiazole rings is 1. The van der Waals surface area contributed by atoms with E-state index in [4.69, 9.17) is 4.98 Å². The van der Waals surface area contributed by atoms with E-state index in [0.717, 1.165) is 40.7 Å². The van der Waals surface area contributed by atoms with Gasteiger partial charge in [-0.05, 0) is 56.1 Å². The second kappa shape index (κ2) is 6.09. The van der Waals surface area contributed by atoms with Gasteiger partial charge in [0.15, 0.2) is 0 Å². The fourth-order valence-corrected chi connectivity index (χ4v) is 5.11. The molecule has 0 saturated heterocycles. The van der Waals surface area contributed by atoms with Gasteiger partial charge in [-0.2, -0.15) is 0 Å². The summed E-state index contributed by atoms with van der Waals surface area (Å²) in [5, 5.41) is 6.89. The van der Waals surface area contributed by atoms with Gasteiger partial charge < -0.3 is 5.32 Å². The van der Waals surface area contributed by atoms with Crippen LogP contribution in [0.4, 0.5) is 0 Å². The summed E-state index contributed by atoms with van der Waals surface area (Å²) in [6, 6.07) is 6.58. The summed E-state index contributed by atoms with van der Waals surface area (Å²) in [7, 11) is 0. The molecule has 22 heavy (non-hydrogen) atoms. The zero-order chi connectivity index (χ0) is 14.9. The summed E-state index contributed by atoms with van der Waals surface area (Å²) < 4.78 is 0. The molecule has 4 rings (SSSR count). The minimum absolute atomic E-state index is 0.607. The van der Waals surface area contributed by atoms with Crippen LogP contribution in [0.25, 0.3) is 10.7 Å². The Morgan fingerprint density at radius 1 is 1.32 bits per heavy atom. The molecule has 2 fully saturated rings. The van der Waals surface area contributed by atoms with Crippen molar-refractivity contribution in [3.63, 3.8) is 0 Å². The second-order valence-corrected chi connectivity index (χ2v) is 7.73. The molecule has 4 heteroatoms. The zero-order valence-corrected chi connectivity index (χ0v) is 13.9. The lowest BCUT2D eigenvalue weighted by Crippen LogP contribution is -2.35. The van der Waals surface area contributed by atoms with Crippen LogP contribution in [0.2, 0.25) is 0 Å². The summed E-state index contributed by atoms with van der Waals surface area (Å²) >= 11 is 1.69. The smallest absolute Gasteiger partial charge is 0.142 e. The second-order valence-electron chi connectivity index (χ2n) is 6.87. The summed E-state index contributed by atoms with van der Waals surface area (Å²) in [6.45, 7) is 3.23. The Hall–Kier alpha value is -1.26. The first kappa shape index (κ1) is 14.3. The van der Waals surface area contributed by atoms with Crippen molar-refractivity contribution in [2.45, 2.75) is 45.2 Å². The minimum Gasteiger partial charge on any atom is -0.308 e. The van der Waals surface area contributed by atoms with Gasteiger partial charge in [0.25, 0.3) is 0 Å². The third-order valence-electron chi connectivity index (χ3n) is 5.48. The van der Waals surface area contributed by atoms with Crippen LogP contribution in [0.3, 0.4) is 0 Å². The van der Waals surface area contributed by atoms with Crippen LogP contribution in [-0.4, -0.2) is 16.0 Å². The molecule has 0 radical (unpaired) electrons. The number of nitrogens with zero attached hydrogens (tertiary/aromatic N) is 2. The third kappa shape index (κ3) is 2.82. The Kier molecular flexibility index (Phi) is 3.97. The van der Waals surface area contributed by atoms with Crippen molar-refractivity contribution < 1.29 is 0 Å². The van der Waals surface area contributed by atoms with Gasteiger partial charge in [0, 0.05) is 24.2 Å². The van der Waals surface area contributed by atoms with E-state index in [-0.39, 0.29) is 0 Å². The normalized spacial score (nSPS) is 28.1. The van der Waals surface area contributed by atoms with Gasteiger partial charge in [-0.15, -0.1) is 11.3 Å². The molecule has 2 saturated carbocycles. The predicted octanol–water partition coefficient (Wildman–Crippen LogP) is 4.12. The fourth-order valence-electron chi connectivity index (χ4n) is 4.32. The van der Waals surface area contributed by atoms with Gasteiger partial charge in [-0.3, -0.25) is 4.98 Å². The van der Waals surface area contributed by atoms with E-state index in [2.05, 4.69) is 22.6 Å². The van der Waals surface area contributed by atoms with Crippen LogP contribution in [0, 0.1) is 17.8 Å². The van der Waals surface area contributed by atoms with E-state index in [1.165, 1.54) is 25.7 Å². The molecule has 1 N–H and O–H groups in total. The Labute approximate surface area is 136 Å². The van der Waals surface area contributed by atoms with Crippen molar-refractivity contribution in [1.29, 1.82) is 0 Å². The highest BCUT2D eigenvalue weighted by Crippen LogP contribution is 2.49. The largest absolute Gasteiger partial charge is 0.308 e.